The van der Waals surface area contributed by atoms with Crippen molar-refractivity contribution in [2.24, 2.45) is 11.7 Å². The first-order chi connectivity index (χ1) is 5.81. The molecule has 2 aliphatic carbocycles. The summed E-state index contributed by atoms with van der Waals surface area (Å²) in [6.45, 7) is 0. The molecule has 70 valence electrons. The van der Waals surface area contributed by atoms with Gasteiger partial charge in [0.05, 0.1) is 0 Å². The summed E-state index contributed by atoms with van der Waals surface area (Å²) >= 11 is 0. The highest BCUT2D eigenvalue weighted by molar-refractivity contribution is 4.95. The summed E-state index contributed by atoms with van der Waals surface area (Å²) in [6.07, 6.45) is 12.5. The minimum Gasteiger partial charge on any atom is -0.325 e. The van der Waals surface area contributed by atoms with Crippen LogP contribution in [-0.4, -0.2) is 5.54 Å². The van der Waals surface area contributed by atoms with Gasteiger partial charge in [-0.25, -0.2) is 0 Å². The lowest BCUT2D eigenvalue weighted by atomic mass is 9.71. The number of hydrogen-bond donors (Lipinski definition) is 1. The lowest BCUT2D eigenvalue weighted by Crippen LogP contribution is -2.48. The fourth-order valence-electron chi connectivity index (χ4n) is 3.12. The SMILES string of the molecule is NC12CCCCCC1CCCC2. The summed E-state index contributed by atoms with van der Waals surface area (Å²) in [5, 5.41) is 0. The molecular formula is C11H21N. The molecule has 0 aromatic rings. The van der Waals surface area contributed by atoms with Gasteiger partial charge in [0.25, 0.3) is 0 Å². The Kier molecular flexibility index (Phi) is 2.40. The first-order valence-corrected chi connectivity index (χ1v) is 5.60. The van der Waals surface area contributed by atoms with E-state index in [2.05, 4.69) is 0 Å². The van der Waals surface area contributed by atoms with Crippen molar-refractivity contribution < 1.29 is 0 Å². The third kappa shape index (κ3) is 1.52. The van der Waals surface area contributed by atoms with Crippen LogP contribution >= 0.6 is 0 Å². The van der Waals surface area contributed by atoms with Gasteiger partial charge in [-0.3, -0.25) is 0 Å². The summed E-state index contributed by atoms with van der Waals surface area (Å²) in [5.74, 6) is 0.869. The van der Waals surface area contributed by atoms with Gasteiger partial charge in [0.2, 0.25) is 0 Å². The summed E-state index contributed by atoms with van der Waals surface area (Å²) in [5.41, 5.74) is 6.72. The molecule has 0 bridgehead atoms. The van der Waals surface area contributed by atoms with E-state index in [9.17, 15) is 0 Å². The lowest BCUT2D eigenvalue weighted by molar-refractivity contribution is 0.177. The van der Waals surface area contributed by atoms with Gasteiger partial charge in [-0.1, -0.05) is 32.1 Å². The molecule has 2 rings (SSSR count). The van der Waals surface area contributed by atoms with E-state index >= 15 is 0 Å². The quantitative estimate of drug-likeness (QED) is 0.590. The minimum atomic E-state index is 0.259. The Morgan fingerprint density at radius 2 is 1.42 bits per heavy atom. The second kappa shape index (κ2) is 3.37. The van der Waals surface area contributed by atoms with Crippen LogP contribution in [0.1, 0.15) is 57.8 Å². The normalized spacial score (nSPS) is 43.2. The second-order valence-corrected chi connectivity index (χ2v) is 4.78. The standard InChI is InChI=1S/C11H21N/c12-11-8-4-1-2-6-10(11)7-3-5-9-11/h10H,1-9,12H2. The number of fused-ring (bicyclic) bond motifs is 1. The van der Waals surface area contributed by atoms with E-state index in [0.717, 1.165) is 5.92 Å². The molecule has 2 saturated carbocycles. The van der Waals surface area contributed by atoms with E-state index in [1.165, 1.54) is 57.8 Å². The largest absolute Gasteiger partial charge is 0.325 e. The molecule has 0 heterocycles. The van der Waals surface area contributed by atoms with Crippen molar-refractivity contribution in [3.8, 4) is 0 Å². The van der Waals surface area contributed by atoms with Gasteiger partial charge in [-0.05, 0) is 31.6 Å². The molecule has 2 atom stereocenters. The summed E-state index contributed by atoms with van der Waals surface area (Å²) in [7, 11) is 0. The molecule has 0 amide bonds. The number of hydrogen-bond acceptors (Lipinski definition) is 1. The number of nitrogens with two attached hydrogens (primary N) is 1. The minimum absolute atomic E-state index is 0.259. The Morgan fingerprint density at radius 3 is 2.17 bits per heavy atom. The fourth-order valence-corrected chi connectivity index (χ4v) is 3.12. The molecule has 1 nitrogen and oxygen atoms in total. The van der Waals surface area contributed by atoms with Crippen LogP contribution < -0.4 is 5.73 Å². The summed E-state index contributed by atoms with van der Waals surface area (Å²) < 4.78 is 0. The van der Waals surface area contributed by atoms with Crippen LogP contribution in [0.5, 0.6) is 0 Å². The molecule has 2 fully saturated rings. The van der Waals surface area contributed by atoms with Crippen molar-refractivity contribution in [3.05, 3.63) is 0 Å². The zero-order chi connectivity index (χ0) is 8.44. The topological polar surface area (TPSA) is 26.0 Å². The second-order valence-electron chi connectivity index (χ2n) is 4.78. The van der Waals surface area contributed by atoms with Gasteiger partial charge >= 0.3 is 0 Å². The molecule has 0 aliphatic heterocycles. The van der Waals surface area contributed by atoms with Crippen molar-refractivity contribution in [1.29, 1.82) is 0 Å². The van der Waals surface area contributed by atoms with Crippen LogP contribution in [0.25, 0.3) is 0 Å². The predicted octanol–water partition coefficient (Wildman–Crippen LogP) is 2.84. The zero-order valence-electron chi connectivity index (χ0n) is 8.02. The van der Waals surface area contributed by atoms with Crippen molar-refractivity contribution in [2.75, 3.05) is 0 Å². The van der Waals surface area contributed by atoms with E-state index in [0.29, 0.717) is 0 Å². The highest BCUT2D eigenvalue weighted by Crippen LogP contribution is 2.40. The maximum atomic E-state index is 6.46. The Labute approximate surface area is 75.7 Å². The first-order valence-electron chi connectivity index (χ1n) is 5.60. The first kappa shape index (κ1) is 8.55. The van der Waals surface area contributed by atoms with E-state index in [4.69, 9.17) is 5.73 Å². The molecule has 1 heteroatoms. The van der Waals surface area contributed by atoms with Crippen molar-refractivity contribution in [3.63, 3.8) is 0 Å². The van der Waals surface area contributed by atoms with E-state index in [-0.39, 0.29) is 5.54 Å². The third-order valence-corrected chi connectivity index (χ3v) is 3.95. The highest BCUT2D eigenvalue weighted by atomic mass is 14.8. The van der Waals surface area contributed by atoms with Crippen LogP contribution in [0.2, 0.25) is 0 Å². The highest BCUT2D eigenvalue weighted by Gasteiger charge is 2.37. The third-order valence-electron chi connectivity index (χ3n) is 3.95. The molecule has 0 aromatic carbocycles. The van der Waals surface area contributed by atoms with Gasteiger partial charge in [0, 0.05) is 5.54 Å². The average molecular weight is 167 g/mol. The van der Waals surface area contributed by atoms with Gasteiger partial charge in [0.15, 0.2) is 0 Å². The van der Waals surface area contributed by atoms with Gasteiger partial charge in [0.1, 0.15) is 0 Å². The molecule has 0 aromatic heterocycles. The summed E-state index contributed by atoms with van der Waals surface area (Å²) in [6, 6.07) is 0. The van der Waals surface area contributed by atoms with Crippen LogP contribution in [0, 0.1) is 5.92 Å². The predicted molar refractivity (Wildman–Crippen MR) is 52.0 cm³/mol. The van der Waals surface area contributed by atoms with Crippen molar-refractivity contribution >= 4 is 0 Å². The molecule has 0 saturated heterocycles. The Morgan fingerprint density at radius 1 is 0.833 bits per heavy atom. The Hall–Kier alpha value is -0.0400. The van der Waals surface area contributed by atoms with E-state index in [1.807, 2.05) is 0 Å². The Bertz CT molecular complexity index is 155. The van der Waals surface area contributed by atoms with Crippen LogP contribution in [0.15, 0.2) is 0 Å². The maximum absolute atomic E-state index is 6.46. The number of rotatable bonds is 0. The van der Waals surface area contributed by atoms with Crippen LogP contribution in [-0.2, 0) is 0 Å². The zero-order valence-corrected chi connectivity index (χ0v) is 8.02. The van der Waals surface area contributed by atoms with E-state index < -0.39 is 0 Å². The van der Waals surface area contributed by atoms with E-state index in [1.54, 1.807) is 0 Å². The Balaban J connectivity index is 2.07. The van der Waals surface area contributed by atoms with Gasteiger partial charge in [-0.2, -0.15) is 0 Å². The fraction of sp³-hybridized carbons (Fsp3) is 1.00. The molecule has 0 radical (unpaired) electrons. The summed E-state index contributed by atoms with van der Waals surface area (Å²) in [4.78, 5) is 0. The maximum Gasteiger partial charge on any atom is 0.0182 e. The molecular weight excluding hydrogens is 146 g/mol. The monoisotopic (exact) mass is 167 g/mol. The van der Waals surface area contributed by atoms with Crippen LogP contribution in [0.4, 0.5) is 0 Å². The van der Waals surface area contributed by atoms with Gasteiger partial charge < -0.3 is 5.73 Å². The molecule has 2 aliphatic rings. The molecule has 2 N–H and O–H groups in total. The smallest absolute Gasteiger partial charge is 0.0182 e. The van der Waals surface area contributed by atoms with Crippen LogP contribution in [0.3, 0.4) is 0 Å². The lowest BCUT2D eigenvalue weighted by Gasteiger charge is -2.40. The molecule has 12 heavy (non-hydrogen) atoms. The molecule has 2 unspecified atom stereocenters. The van der Waals surface area contributed by atoms with Gasteiger partial charge in [-0.15, -0.1) is 0 Å². The average Bonchev–Trinajstić information content (AvgIpc) is 2.25. The van der Waals surface area contributed by atoms with Crippen molar-refractivity contribution in [1.82, 2.24) is 0 Å². The molecule has 0 spiro atoms. The van der Waals surface area contributed by atoms with Crippen molar-refractivity contribution in [2.45, 2.75) is 63.3 Å².